The Kier molecular flexibility index (Phi) is 38.2. The molecule has 2 N–H and O–H groups in total. The van der Waals surface area contributed by atoms with Crippen molar-refractivity contribution in [3.8, 4) is 0 Å². The lowest BCUT2D eigenvalue weighted by Gasteiger charge is -2.04. The summed E-state index contributed by atoms with van der Waals surface area (Å²) in [7, 11) is 0. The van der Waals surface area contributed by atoms with Crippen LogP contribution in [0.3, 0.4) is 0 Å². The first-order valence-corrected chi connectivity index (χ1v) is 20.4. The SMILES string of the molecule is O=C(O)C=CCCCCCCCCCCCCCCCCCCCCCCCCCCCC=CCCCCCCCCCC(=O)O. The van der Waals surface area contributed by atoms with Crippen LogP contribution in [0.1, 0.15) is 231 Å². The molecule has 46 heavy (non-hydrogen) atoms. The van der Waals surface area contributed by atoms with E-state index in [-0.39, 0.29) is 0 Å². The fourth-order valence-corrected chi connectivity index (χ4v) is 6.43. The maximum Gasteiger partial charge on any atom is 0.327 e. The molecule has 0 atom stereocenters. The lowest BCUT2D eigenvalue weighted by atomic mass is 10.0. The molecule has 0 aliphatic heterocycles. The second-order valence-electron chi connectivity index (χ2n) is 14.0. The molecule has 0 aromatic heterocycles. The average molecular weight is 647 g/mol. The number of carboxylic acids is 2. The number of allylic oxidation sites excluding steroid dienone is 3. The molecule has 0 heterocycles. The molecular formula is C42H78O4. The van der Waals surface area contributed by atoms with Crippen molar-refractivity contribution in [2.24, 2.45) is 0 Å². The van der Waals surface area contributed by atoms with Crippen molar-refractivity contribution in [2.45, 2.75) is 231 Å². The van der Waals surface area contributed by atoms with E-state index >= 15 is 0 Å². The second kappa shape index (κ2) is 39.6. The monoisotopic (exact) mass is 647 g/mol. The summed E-state index contributed by atoms with van der Waals surface area (Å²) in [6.45, 7) is 0. The highest BCUT2D eigenvalue weighted by Crippen LogP contribution is 2.16. The highest BCUT2D eigenvalue weighted by atomic mass is 16.4. The first-order valence-electron chi connectivity index (χ1n) is 20.4. The molecule has 270 valence electrons. The standard InChI is InChI=1S/C42H78O4/c43-41(44)39-37-35-33-31-29-27-25-23-21-19-17-15-13-11-9-7-5-3-1-2-4-6-8-10-12-14-16-18-20-22-24-26-28-30-32-34-36-38-40-42(45)46/h19,21,38,40H,1-18,20,22-37,39H2,(H,43,44)(H,45,46). The van der Waals surface area contributed by atoms with Crippen molar-refractivity contribution in [2.75, 3.05) is 0 Å². The molecule has 0 aliphatic carbocycles. The second-order valence-corrected chi connectivity index (χ2v) is 14.0. The number of carbonyl (C=O) groups is 2. The Bertz CT molecular complexity index is 683. The fraction of sp³-hybridized carbons (Fsp3) is 0.857. The molecule has 0 aromatic rings. The van der Waals surface area contributed by atoms with Gasteiger partial charge in [-0.3, -0.25) is 4.79 Å². The smallest absolute Gasteiger partial charge is 0.327 e. The van der Waals surface area contributed by atoms with Gasteiger partial charge in [-0.1, -0.05) is 198 Å². The number of carboxylic acid groups (broad SMARTS) is 2. The van der Waals surface area contributed by atoms with Crippen molar-refractivity contribution < 1.29 is 19.8 Å². The Hall–Kier alpha value is -1.58. The van der Waals surface area contributed by atoms with Crippen molar-refractivity contribution in [1.29, 1.82) is 0 Å². The number of hydrogen-bond acceptors (Lipinski definition) is 2. The van der Waals surface area contributed by atoms with E-state index < -0.39 is 11.9 Å². The largest absolute Gasteiger partial charge is 0.481 e. The van der Waals surface area contributed by atoms with E-state index in [0.29, 0.717) is 6.42 Å². The van der Waals surface area contributed by atoms with Crippen LogP contribution in [0.4, 0.5) is 0 Å². The Morgan fingerprint density at radius 1 is 0.304 bits per heavy atom. The van der Waals surface area contributed by atoms with Gasteiger partial charge in [0, 0.05) is 12.5 Å². The summed E-state index contributed by atoms with van der Waals surface area (Å²) in [6.07, 6.45) is 54.7. The zero-order valence-corrected chi connectivity index (χ0v) is 30.5. The van der Waals surface area contributed by atoms with Crippen LogP contribution in [0.5, 0.6) is 0 Å². The number of unbranched alkanes of at least 4 members (excludes halogenated alkanes) is 33. The Morgan fingerprint density at radius 3 is 0.761 bits per heavy atom. The van der Waals surface area contributed by atoms with E-state index in [1.54, 1.807) is 6.08 Å². The van der Waals surface area contributed by atoms with Gasteiger partial charge in [0.25, 0.3) is 0 Å². The van der Waals surface area contributed by atoms with Crippen LogP contribution < -0.4 is 0 Å². The third-order valence-electron chi connectivity index (χ3n) is 9.43. The van der Waals surface area contributed by atoms with Crippen LogP contribution >= 0.6 is 0 Å². The predicted molar refractivity (Wildman–Crippen MR) is 200 cm³/mol. The maximum absolute atomic E-state index is 10.5. The normalized spacial score (nSPS) is 11.7. The van der Waals surface area contributed by atoms with Gasteiger partial charge in [0.2, 0.25) is 0 Å². The van der Waals surface area contributed by atoms with Gasteiger partial charge in [0.05, 0.1) is 0 Å². The summed E-state index contributed by atoms with van der Waals surface area (Å²) in [6, 6.07) is 0. The van der Waals surface area contributed by atoms with Crippen molar-refractivity contribution in [3.05, 3.63) is 24.3 Å². The Balaban J connectivity index is 3.10. The van der Waals surface area contributed by atoms with Gasteiger partial charge in [-0.25, -0.2) is 4.79 Å². The highest BCUT2D eigenvalue weighted by Gasteiger charge is 1.98. The lowest BCUT2D eigenvalue weighted by molar-refractivity contribution is -0.137. The summed E-state index contributed by atoms with van der Waals surface area (Å²) in [5.74, 6) is -1.49. The lowest BCUT2D eigenvalue weighted by Crippen LogP contribution is -1.93. The average Bonchev–Trinajstić information content (AvgIpc) is 3.03. The third-order valence-corrected chi connectivity index (χ3v) is 9.43. The van der Waals surface area contributed by atoms with Crippen LogP contribution in [0.15, 0.2) is 24.3 Å². The predicted octanol–water partition coefficient (Wildman–Crippen LogP) is 14.3. The molecule has 4 nitrogen and oxygen atoms in total. The highest BCUT2D eigenvalue weighted by molar-refractivity contribution is 5.79. The number of aliphatic carboxylic acids is 2. The van der Waals surface area contributed by atoms with Gasteiger partial charge in [0.1, 0.15) is 0 Å². The summed E-state index contributed by atoms with van der Waals surface area (Å²) in [4.78, 5) is 20.9. The molecule has 0 radical (unpaired) electrons. The first kappa shape index (κ1) is 44.4. The van der Waals surface area contributed by atoms with Gasteiger partial charge in [-0.05, 0) is 44.9 Å². The minimum absolute atomic E-state index is 0.332. The molecule has 0 rings (SSSR count). The fourth-order valence-electron chi connectivity index (χ4n) is 6.43. The van der Waals surface area contributed by atoms with Crippen LogP contribution in [-0.2, 0) is 9.59 Å². The van der Waals surface area contributed by atoms with Gasteiger partial charge in [-0.2, -0.15) is 0 Å². The molecule has 0 bridgehead atoms. The molecule has 0 aliphatic rings. The van der Waals surface area contributed by atoms with E-state index in [0.717, 1.165) is 25.7 Å². The Morgan fingerprint density at radius 2 is 0.522 bits per heavy atom. The molecule has 0 spiro atoms. The van der Waals surface area contributed by atoms with Crippen LogP contribution in [0.25, 0.3) is 0 Å². The zero-order valence-electron chi connectivity index (χ0n) is 30.5. The van der Waals surface area contributed by atoms with Crippen molar-refractivity contribution in [3.63, 3.8) is 0 Å². The van der Waals surface area contributed by atoms with Crippen LogP contribution in [-0.4, -0.2) is 22.2 Å². The van der Waals surface area contributed by atoms with Gasteiger partial charge < -0.3 is 10.2 Å². The quantitative estimate of drug-likeness (QED) is 0.0396. The molecule has 0 unspecified atom stereocenters. The molecule has 0 saturated carbocycles. The van der Waals surface area contributed by atoms with Gasteiger partial charge in [0.15, 0.2) is 0 Å². The number of rotatable bonds is 39. The van der Waals surface area contributed by atoms with Gasteiger partial charge in [-0.15, -0.1) is 0 Å². The van der Waals surface area contributed by atoms with E-state index in [2.05, 4.69) is 12.2 Å². The number of hydrogen-bond donors (Lipinski definition) is 2. The maximum atomic E-state index is 10.5. The molecule has 0 amide bonds. The molecule has 4 heteroatoms. The van der Waals surface area contributed by atoms with Gasteiger partial charge >= 0.3 is 11.9 Å². The first-order chi connectivity index (χ1) is 22.6. The molecule has 0 aromatic carbocycles. The molecular weight excluding hydrogens is 568 g/mol. The van der Waals surface area contributed by atoms with Crippen molar-refractivity contribution >= 4 is 11.9 Å². The third kappa shape index (κ3) is 42.4. The van der Waals surface area contributed by atoms with E-state index in [4.69, 9.17) is 10.2 Å². The van der Waals surface area contributed by atoms with E-state index in [1.807, 2.05) is 0 Å². The van der Waals surface area contributed by atoms with E-state index in [9.17, 15) is 9.59 Å². The van der Waals surface area contributed by atoms with E-state index in [1.165, 1.54) is 205 Å². The zero-order chi connectivity index (χ0) is 33.4. The minimum atomic E-state index is -0.833. The summed E-state index contributed by atoms with van der Waals surface area (Å²) in [5.41, 5.74) is 0. The summed E-state index contributed by atoms with van der Waals surface area (Å²) < 4.78 is 0. The topological polar surface area (TPSA) is 74.6 Å². The molecule has 0 fully saturated rings. The van der Waals surface area contributed by atoms with Crippen LogP contribution in [0.2, 0.25) is 0 Å². The van der Waals surface area contributed by atoms with Crippen molar-refractivity contribution in [1.82, 2.24) is 0 Å². The summed E-state index contributed by atoms with van der Waals surface area (Å²) in [5, 5.41) is 17.2. The Labute approximate surface area is 286 Å². The van der Waals surface area contributed by atoms with Crippen LogP contribution in [0, 0.1) is 0 Å². The molecule has 0 saturated heterocycles. The minimum Gasteiger partial charge on any atom is -0.481 e. The summed E-state index contributed by atoms with van der Waals surface area (Å²) >= 11 is 0.